The van der Waals surface area contributed by atoms with E-state index in [1.807, 2.05) is 36.4 Å². The maximum Gasteiger partial charge on any atom is 0.173 e. The summed E-state index contributed by atoms with van der Waals surface area (Å²) in [4.78, 5) is 2.15. The van der Waals surface area contributed by atoms with Crippen molar-refractivity contribution in [2.24, 2.45) is 0 Å². The van der Waals surface area contributed by atoms with E-state index in [0.29, 0.717) is 23.3 Å². The van der Waals surface area contributed by atoms with Gasteiger partial charge in [-0.1, -0.05) is 43.5 Å². The van der Waals surface area contributed by atoms with E-state index in [-0.39, 0.29) is 5.82 Å². The summed E-state index contributed by atoms with van der Waals surface area (Å²) in [5.41, 5.74) is 1.55. The van der Waals surface area contributed by atoms with Gasteiger partial charge in [0.05, 0.1) is 7.11 Å². The number of methoxy groups -OCH3 is 1. The molecular formula is C21H25FN2OS. The van der Waals surface area contributed by atoms with Gasteiger partial charge in [0, 0.05) is 29.9 Å². The van der Waals surface area contributed by atoms with Crippen LogP contribution in [-0.2, 0) is 6.54 Å². The molecule has 1 N–H and O–H groups in total. The summed E-state index contributed by atoms with van der Waals surface area (Å²) < 4.78 is 19.5. The smallest absolute Gasteiger partial charge is 0.173 e. The van der Waals surface area contributed by atoms with Crippen LogP contribution in [0.25, 0.3) is 0 Å². The van der Waals surface area contributed by atoms with E-state index >= 15 is 0 Å². The summed E-state index contributed by atoms with van der Waals surface area (Å²) in [5.74, 6) is 0.591. The van der Waals surface area contributed by atoms with Crippen LogP contribution in [0.15, 0.2) is 48.5 Å². The molecule has 26 heavy (non-hydrogen) atoms. The Kier molecular flexibility index (Phi) is 6.45. The zero-order valence-corrected chi connectivity index (χ0v) is 15.9. The van der Waals surface area contributed by atoms with Crippen molar-refractivity contribution in [3.63, 3.8) is 0 Å². The van der Waals surface area contributed by atoms with Crippen molar-refractivity contribution >= 4 is 23.0 Å². The number of nitrogens with zero attached hydrogens (tertiary/aromatic N) is 1. The van der Waals surface area contributed by atoms with E-state index in [1.54, 1.807) is 13.2 Å². The van der Waals surface area contributed by atoms with Gasteiger partial charge in [-0.05, 0) is 43.3 Å². The summed E-state index contributed by atoms with van der Waals surface area (Å²) in [6, 6.07) is 15.0. The van der Waals surface area contributed by atoms with E-state index in [2.05, 4.69) is 10.2 Å². The van der Waals surface area contributed by atoms with Crippen molar-refractivity contribution in [3.05, 3.63) is 59.9 Å². The molecule has 2 aromatic carbocycles. The normalized spacial score (nSPS) is 14.7. The van der Waals surface area contributed by atoms with Crippen molar-refractivity contribution < 1.29 is 9.13 Å². The third-order valence-electron chi connectivity index (χ3n) is 4.90. The van der Waals surface area contributed by atoms with Crippen LogP contribution in [-0.4, -0.2) is 23.2 Å². The van der Waals surface area contributed by atoms with E-state index in [0.717, 1.165) is 24.3 Å². The van der Waals surface area contributed by atoms with E-state index in [9.17, 15) is 4.39 Å². The van der Waals surface area contributed by atoms with Gasteiger partial charge in [-0.3, -0.25) is 0 Å². The number of halogens is 1. The number of hydrogen-bond donors (Lipinski definition) is 1. The Balaban J connectivity index is 1.79. The number of benzene rings is 2. The summed E-state index contributed by atoms with van der Waals surface area (Å²) in [5, 5.41) is 3.94. The SMILES string of the molecule is COc1cccc(NC(=S)N(Cc2ccccc2F)C2CCCCC2)c1. The molecule has 0 spiro atoms. The van der Waals surface area contributed by atoms with E-state index < -0.39 is 0 Å². The number of rotatable bonds is 5. The minimum absolute atomic E-state index is 0.183. The first-order valence-electron chi connectivity index (χ1n) is 9.12. The average molecular weight is 373 g/mol. The van der Waals surface area contributed by atoms with E-state index in [4.69, 9.17) is 17.0 Å². The number of ether oxygens (including phenoxy) is 1. The molecule has 1 aliphatic rings. The Morgan fingerprint density at radius 1 is 1.15 bits per heavy atom. The van der Waals surface area contributed by atoms with Crippen LogP contribution in [0.1, 0.15) is 37.7 Å². The minimum Gasteiger partial charge on any atom is -0.497 e. The van der Waals surface area contributed by atoms with Gasteiger partial charge >= 0.3 is 0 Å². The highest BCUT2D eigenvalue weighted by atomic mass is 32.1. The van der Waals surface area contributed by atoms with Gasteiger partial charge in [-0.15, -0.1) is 0 Å². The zero-order chi connectivity index (χ0) is 18.4. The molecule has 0 saturated heterocycles. The predicted octanol–water partition coefficient (Wildman–Crippen LogP) is 5.37. The molecule has 0 radical (unpaired) electrons. The highest BCUT2D eigenvalue weighted by molar-refractivity contribution is 7.80. The van der Waals surface area contributed by atoms with Crippen molar-refractivity contribution in [2.75, 3.05) is 12.4 Å². The highest BCUT2D eigenvalue weighted by Gasteiger charge is 2.24. The van der Waals surface area contributed by atoms with Gasteiger partial charge in [-0.2, -0.15) is 0 Å². The second kappa shape index (κ2) is 8.99. The minimum atomic E-state index is -0.183. The fourth-order valence-electron chi connectivity index (χ4n) is 3.47. The molecule has 0 bridgehead atoms. The lowest BCUT2D eigenvalue weighted by Gasteiger charge is -2.36. The molecule has 0 heterocycles. The molecule has 0 amide bonds. The first kappa shape index (κ1) is 18.6. The molecule has 0 unspecified atom stereocenters. The van der Waals surface area contributed by atoms with Crippen molar-refractivity contribution in [2.45, 2.75) is 44.7 Å². The van der Waals surface area contributed by atoms with Crippen LogP contribution in [0.3, 0.4) is 0 Å². The van der Waals surface area contributed by atoms with Gasteiger partial charge in [0.25, 0.3) is 0 Å². The molecule has 1 fully saturated rings. The lowest BCUT2D eigenvalue weighted by molar-refractivity contribution is 0.238. The largest absolute Gasteiger partial charge is 0.497 e. The molecule has 138 valence electrons. The van der Waals surface area contributed by atoms with Crippen LogP contribution in [0.2, 0.25) is 0 Å². The second-order valence-electron chi connectivity index (χ2n) is 6.67. The Labute approximate surface area is 160 Å². The molecule has 0 aliphatic heterocycles. The molecule has 0 aromatic heterocycles. The standard InChI is InChI=1S/C21H25FN2OS/c1-25-19-12-7-9-17(14-19)23-21(26)24(18-10-3-2-4-11-18)15-16-8-5-6-13-20(16)22/h5-9,12-14,18H,2-4,10-11,15H2,1H3,(H,23,26). The Morgan fingerprint density at radius 3 is 2.65 bits per heavy atom. The number of thiocarbonyl (C=S) groups is 1. The summed E-state index contributed by atoms with van der Waals surface area (Å²) in [6.07, 6.45) is 5.84. The zero-order valence-electron chi connectivity index (χ0n) is 15.1. The molecule has 3 rings (SSSR count). The number of nitrogens with one attached hydrogen (secondary N) is 1. The molecule has 3 nitrogen and oxygen atoms in total. The highest BCUT2D eigenvalue weighted by Crippen LogP contribution is 2.26. The molecule has 1 aliphatic carbocycles. The topological polar surface area (TPSA) is 24.5 Å². The maximum atomic E-state index is 14.2. The lowest BCUT2D eigenvalue weighted by Crippen LogP contribution is -2.43. The Bertz CT molecular complexity index is 746. The molecular weight excluding hydrogens is 347 g/mol. The number of hydrogen-bond acceptors (Lipinski definition) is 2. The quantitative estimate of drug-likeness (QED) is 0.714. The first-order chi connectivity index (χ1) is 12.7. The Morgan fingerprint density at radius 2 is 1.92 bits per heavy atom. The monoisotopic (exact) mass is 372 g/mol. The van der Waals surface area contributed by atoms with E-state index in [1.165, 1.54) is 25.3 Å². The predicted molar refractivity (Wildman–Crippen MR) is 108 cm³/mol. The van der Waals surface area contributed by atoms with Crippen LogP contribution in [0.4, 0.5) is 10.1 Å². The lowest BCUT2D eigenvalue weighted by atomic mass is 9.94. The van der Waals surface area contributed by atoms with Crippen LogP contribution >= 0.6 is 12.2 Å². The van der Waals surface area contributed by atoms with Gasteiger partial charge in [0.1, 0.15) is 11.6 Å². The van der Waals surface area contributed by atoms with Gasteiger partial charge in [0.15, 0.2) is 5.11 Å². The van der Waals surface area contributed by atoms with Gasteiger partial charge in [-0.25, -0.2) is 4.39 Å². The number of anilines is 1. The summed E-state index contributed by atoms with van der Waals surface area (Å²) in [7, 11) is 1.64. The molecule has 0 atom stereocenters. The fraction of sp³-hybridized carbons (Fsp3) is 0.381. The summed E-state index contributed by atoms with van der Waals surface area (Å²) in [6.45, 7) is 0.479. The van der Waals surface area contributed by atoms with Gasteiger partial charge in [0.2, 0.25) is 0 Å². The fourth-order valence-corrected chi connectivity index (χ4v) is 3.80. The molecule has 1 saturated carbocycles. The average Bonchev–Trinajstić information content (AvgIpc) is 2.68. The van der Waals surface area contributed by atoms with Crippen LogP contribution < -0.4 is 10.1 Å². The Hall–Kier alpha value is -2.14. The first-order valence-corrected chi connectivity index (χ1v) is 9.53. The molecule has 2 aromatic rings. The van der Waals surface area contributed by atoms with Crippen molar-refractivity contribution in [1.82, 2.24) is 4.90 Å². The van der Waals surface area contributed by atoms with Gasteiger partial charge < -0.3 is 15.0 Å². The summed E-state index contributed by atoms with van der Waals surface area (Å²) >= 11 is 5.71. The van der Waals surface area contributed by atoms with Crippen molar-refractivity contribution in [3.8, 4) is 5.75 Å². The third kappa shape index (κ3) is 4.73. The molecule has 5 heteroatoms. The van der Waals surface area contributed by atoms with Crippen LogP contribution in [0.5, 0.6) is 5.75 Å². The maximum absolute atomic E-state index is 14.2. The van der Waals surface area contributed by atoms with Crippen molar-refractivity contribution in [1.29, 1.82) is 0 Å². The second-order valence-corrected chi connectivity index (χ2v) is 7.06. The van der Waals surface area contributed by atoms with Crippen LogP contribution in [0, 0.1) is 5.82 Å². The third-order valence-corrected chi connectivity index (χ3v) is 5.23.